The Morgan fingerprint density at radius 3 is 2.74 bits per heavy atom. The van der Waals surface area contributed by atoms with E-state index in [-0.39, 0.29) is 23.8 Å². The van der Waals surface area contributed by atoms with E-state index in [9.17, 15) is 9.59 Å². The monoisotopic (exact) mass is 367 g/mol. The van der Waals surface area contributed by atoms with Crippen LogP contribution in [0.5, 0.6) is 0 Å². The molecule has 0 bridgehead atoms. The lowest BCUT2D eigenvalue weighted by molar-refractivity contribution is -0.136. The second-order valence-electron chi connectivity index (χ2n) is 7.62. The van der Waals surface area contributed by atoms with Gasteiger partial charge in [0.05, 0.1) is 24.7 Å². The Hall–Kier alpha value is -2.70. The van der Waals surface area contributed by atoms with Crippen LogP contribution in [0.4, 0.5) is 0 Å². The van der Waals surface area contributed by atoms with Crippen LogP contribution in [-0.2, 0) is 22.6 Å². The fourth-order valence-electron chi connectivity index (χ4n) is 3.79. The lowest BCUT2D eigenvalue weighted by atomic mass is 10.1. The smallest absolute Gasteiger partial charge is 0.226 e. The van der Waals surface area contributed by atoms with E-state index >= 15 is 0 Å². The van der Waals surface area contributed by atoms with Crippen molar-refractivity contribution in [3.63, 3.8) is 0 Å². The third kappa shape index (κ3) is 4.02. The van der Waals surface area contributed by atoms with E-state index in [0.29, 0.717) is 32.0 Å². The van der Waals surface area contributed by atoms with E-state index in [4.69, 9.17) is 0 Å². The Morgan fingerprint density at radius 2 is 2.00 bits per heavy atom. The third-order valence-electron chi connectivity index (χ3n) is 5.53. The largest absolute Gasteiger partial charge is 0.356 e. The van der Waals surface area contributed by atoms with Crippen molar-refractivity contribution in [1.82, 2.24) is 25.0 Å². The Bertz CT molecular complexity index is 819. The summed E-state index contributed by atoms with van der Waals surface area (Å²) in [5.41, 5.74) is 2.14. The molecule has 27 heavy (non-hydrogen) atoms. The first-order valence-corrected chi connectivity index (χ1v) is 9.58. The van der Waals surface area contributed by atoms with Crippen molar-refractivity contribution in [3.8, 4) is 0 Å². The normalized spacial score (nSPS) is 23.6. The molecular weight excluding hydrogens is 342 g/mol. The zero-order valence-corrected chi connectivity index (χ0v) is 15.5. The van der Waals surface area contributed by atoms with E-state index < -0.39 is 0 Å². The average Bonchev–Trinajstić information content (AvgIpc) is 3.20. The summed E-state index contributed by atoms with van der Waals surface area (Å²) < 4.78 is 1.91. The maximum Gasteiger partial charge on any atom is 0.226 e. The number of pyridine rings is 1. The van der Waals surface area contributed by atoms with Gasteiger partial charge in [0.15, 0.2) is 0 Å². The Kier molecular flexibility index (Phi) is 4.92. The molecule has 142 valence electrons. The predicted octanol–water partition coefficient (Wildman–Crippen LogP) is 1.57. The molecule has 7 nitrogen and oxygen atoms in total. The minimum absolute atomic E-state index is 0.00963. The van der Waals surface area contributed by atoms with E-state index in [2.05, 4.69) is 22.3 Å². The molecule has 2 aromatic rings. The summed E-state index contributed by atoms with van der Waals surface area (Å²) in [6.45, 7) is 3.84. The van der Waals surface area contributed by atoms with Crippen LogP contribution in [0, 0.1) is 11.8 Å². The number of carbonyl (C=O) groups is 2. The fourth-order valence-corrected chi connectivity index (χ4v) is 3.79. The van der Waals surface area contributed by atoms with Crippen molar-refractivity contribution >= 4 is 11.8 Å². The maximum absolute atomic E-state index is 12.7. The maximum atomic E-state index is 12.7. The number of carbonyl (C=O) groups excluding carboxylic acids is 2. The van der Waals surface area contributed by atoms with E-state index in [0.717, 1.165) is 24.1 Å². The first-order chi connectivity index (χ1) is 13.1. The Morgan fingerprint density at radius 1 is 1.22 bits per heavy atom. The van der Waals surface area contributed by atoms with Gasteiger partial charge >= 0.3 is 0 Å². The highest BCUT2D eigenvalue weighted by Crippen LogP contribution is 2.40. The van der Waals surface area contributed by atoms with Gasteiger partial charge in [-0.2, -0.15) is 5.10 Å². The average molecular weight is 367 g/mol. The van der Waals surface area contributed by atoms with Crippen LogP contribution in [0.1, 0.15) is 37.1 Å². The minimum atomic E-state index is -0.109. The number of nitrogens with one attached hydrogen (secondary N) is 1. The quantitative estimate of drug-likeness (QED) is 0.840. The van der Waals surface area contributed by atoms with Crippen LogP contribution in [0.15, 0.2) is 36.8 Å². The summed E-state index contributed by atoms with van der Waals surface area (Å²) in [7, 11) is 0. The van der Waals surface area contributed by atoms with Gasteiger partial charge < -0.3 is 10.2 Å². The molecule has 0 aromatic carbocycles. The molecule has 0 unspecified atom stereocenters. The first kappa shape index (κ1) is 17.7. The van der Waals surface area contributed by atoms with Gasteiger partial charge in [-0.1, -0.05) is 6.92 Å². The van der Waals surface area contributed by atoms with Gasteiger partial charge in [-0.15, -0.1) is 0 Å². The zero-order chi connectivity index (χ0) is 18.8. The molecule has 3 heterocycles. The molecule has 1 N–H and O–H groups in total. The molecule has 1 aliphatic carbocycles. The molecule has 1 fully saturated rings. The summed E-state index contributed by atoms with van der Waals surface area (Å²) in [5, 5.41) is 7.36. The standard InChI is InChI=1S/C20H25N5O2/c1-14-10-18(14)20(27)24-12-16-5-9-23-25(16)17(13-24)11-19(26)22-8-4-15-2-6-21-7-3-15/h2-3,5-7,9,14,17-18H,4,8,10-13H2,1H3,(H,22,26)/t14-,17+,18+/m1/s1. The van der Waals surface area contributed by atoms with Gasteiger partial charge in [0, 0.05) is 37.6 Å². The van der Waals surface area contributed by atoms with Crippen LogP contribution >= 0.6 is 0 Å². The summed E-state index contributed by atoms with van der Waals surface area (Å²) >= 11 is 0. The fraction of sp³-hybridized carbons (Fsp3) is 0.500. The van der Waals surface area contributed by atoms with E-state index in [1.807, 2.05) is 27.8 Å². The summed E-state index contributed by atoms with van der Waals surface area (Å²) in [6.07, 6.45) is 7.34. The van der Waals surface area contributed by atoms with E-state index in [1.165, 1.54) is 0 Å². The van der Waals surface area contributed by atoms with Gasteiger partial charge in [0.2, 0.25) is 11.8 Å². The molecule has 1 aliphatic heterocycles. The van der Waals surface area contributed by atoms with Crippen LogP contribution in [0.25, 0.3) is 0 Å². The molecule has 7 heteroatoms. The van der Waals surface area contributed by atoms with E-state index in [1.54, 1.807) is 18.6 Å². The third-order valence-corrected chi connectivity index (χ3v) is 5.53. The topological polar surface area (TPSA) is 80.1 Å². The Balaban J connectivity index is 1.34. The molecule has 3 atom stereocenters. The van der Waals surface area contributed by atoms with Crippen LogP contribution < -0.4 is 5.32 Å². The van der Waals surface area contributed by atoms with Gasteiger partial charge in [0.25, 0.3) is 0 Å². The van der Waals surface area contributed by atoms with Crippen molar-refractivity contribution in [2.24, 2.45) is 11.8 Å². The molecular formula is C20H25N5O2. The molecule has 1 saturated carbocycles. The van der Waals surface area contributed by atoms with Gasteiger partial charge in [-0.25, -0.2) is 0 Å². The summed E-state index contributed by atoms with van der Waals surface area (Å²) in [4.78, 5) is 31.0. The van der Waals surface area contributed by atoms with Gasteiger partial charge in [-0.3, -0.25) is 19.3 Å². The number of amides is 2. The number of hydrogen-bond donors (Lipinski definition) is 1. The molecule has 0 saturated heterocycles. The molecule has 4 rings (SSSR count). The highest BCUT2D eigenvalue weighted by atomic mass is 16.2. The highest BCUT2D eigenvalue weighted by molar-refractivity contribution is 5.82. The molecule has 2 aliphatic rings. The summed E-state index contributed by atoms with van der Waals surface area (Å²) in [5.74, 6) is 0.858. The second kappa shape index (κ2) is 7.50. The predicted molar refractivity (Wildman–Crippen MR) is 99.5 cm³/mol. The van der Waals surface area contributed by atoms with Gasteiger partial charge in [0.1, 0.15) is 0 Å². The van der Waals surface area contributed by atoms with Crippen molar-refractivity contribution in [2.45, 2.75) is 38.8 Å². The lowest BCUT2D eigenvalue weighted by Crippen LogP contribution is -2.43. The van der Waals surface area contributed by atoms with Crippen LogP contribution in [0.3, 0.4) is 0 Å². The number of fused-ring (bicyclic) bond motifs is 1. The second-order valence-corrected chi connectivity index (χ2v) is 7.62. The van der Waals surface area contributed by atoms with Crippen LogP contribution in [0.2, 0.25) is 0 Å². The van der Waals surface area contributed by atoms with Crippen LogP contribution in [-0.4, -0.2) is 44.6 Å². The highest BCUT2D eigenvalue weighted by Gasteiger charge is 2.43. The molecule has 0 radical (unpaired) electrons. The number of hydrogen-bond acceptors (Lipinski definition) is 4. The molecule has 2 amide bonds. The molecule has 0 spiro atoms. The van der Waals surface area contributed by atoms with Crippen molar-refractivity contribution in [3.05, 3.63) is 48.0 Å². The molecule has 2 aromatic heterocycles. The number of nitrogens with zero attached hydrogens (tertiary/aromatic N) is 4. The van der Waals surface area contributed by atoms with Crippen molar-refractivity contribution in [1.29, 1.82) is 0 Å². The summed E-state index contributed by atoms with van der Waals surface area (Å²) in [6, 6.07) is 5.73. The van der Waals surface area contributed by atoms with Crippen molar-refractivity contribution in [2.75, 3.05) is 13.1 Å². The minimum Gasteiger partial charge on any atom is -0.356 e. The van der Waals surface area contributed by atoms with Gasteiger partial charge in [-0.05, 0) is 42.5 Å². The lowest BCUT2D eigenvalue weighted by Gasteiger charge is -2.34. The number of rotatable bonds is 6. The zero-order valence-electron chi connectivity index (χ0n) is 15.5. The van der Waals surface area contributed by atoms with Crippen molar-refractivity contribution < 1.29 is 9.59 Å². The Labute approximate surface area is 158 Å². The first-order valence-electron chi connectivity index (χ1n) is 9.58. The number of aromatic nitrogens is 3. The SMILES string of the molecule is C[C@@H]1C[C@@H]1C(=O)N1Cc2ccnn2[C@@H](CC(=O)NCCc2ccncc2)C1.